The minimum Gasteiger partial charge on any atom is -0.439 e. The lowest BCUT2D eigenvalue weighted by Crippen LogP contribution is -2.08. The van der Waals surface area contributed by atoms with Crippen molar-refractivity contribution < 1.29 is 4.74 Å². The van der Waals surface area contributed by atoms with Crippen LogP contribution in [0.25, 0.3) is 0 Å². The lowest BCUT2D eigenvalue weighted by molar-refractivity contribution is 0.461. The lowest BCUT2D eigenvalue weighted by atomic mass is 10.2. The zero-order valence-corrected chi connectivity index (χ0v) is 12.5. The number of aromatic nitrogens is 1. The third-order valence-corrected chi connectivity index (χ3v) is 3.09. The normalized spacial score (nSPS) is 10.4. The largest absolute Gasteiger partial charge is 0.439 e. The van der Waals surface area contributed by atoms with Crippen molar-refractivity contribution in [2.45, 2.75) is 13.5 Å². The van der Waals surface area contributed by atoms with E-state index in [2.05, 4.69) is 10.3 Å². The molecule has 2 rings (SSSR count). The molecule has 1 aromatic carbocycles. The monoisotopic (exact) mass is 271 g/mol. The van der Waals surface area contributed by atoms with E-state index < -0.39 is 0 Å². The van der Waals surface area contributed by atoms with Gasteiger partial charge in [0, 0.05) is 44.2 Å². The van der Waals surface area contributed by atoms with Gasteiger partial charge in [-0.1, -0.05) is 12.1 Å². The molecule has 0 aliphatic rings. The third kappa shape index (κ3) is 3.48. The van der Waals surface area contributed by atoms with Crippen LogP contribution in [-0.2, 0) is 6.54 Å². The highest BCUT2D eigenvalue weighted by molar-refractivity contribution is 5.50. The summed E-state index contributed by atoms with van der Waals surface area (Å²) < 4.78 is 5.82. The first-order chi connectivity index (χ1) is 9.60. The standard InChI is InChI=1S/C16H21N3O/c1-12-13(11-17-2)8-9-16(18-12)20-15-7-5-6-14(10-15)19(3)4/h5-10,17H,11H2,1-4H3. The van der Waals surface area contributed by atoms with E-state index in [0.29, 0.717) is 5.88 Å². The van der Waals surface area contributed by atoms with Crippen LogP contribution in [0.3, 0.4) is 0 Å². The summed E-state index contributed by atoms with van der Waals surface area (Å²) in [5, 5.41) is 3.13. The van der Waals surface area contributed by atoms with E-state index in [-0.39, 0.29) is 0 Å². The van der Waals surface area contributed by atoms with Crippen molar-refractivity contribution in [3.8, 4) is 11.6 Å². The Balaban J connectivity index is 2.17. The van der Waals surface area contributed by atoms with Gasteiger partial charge < -0.3 is 15.0 Å². The molecule has 1 heterocycles. The first-order valence-electron chi connectivity index (χ1n) is 6.66. The van der Waals surface area contributed by atoms with E-state index in [1.807, 2.05) is 69.4 Å². The van der Waals surface area contributed by atoms with Gasteiger partial charge in [0.15, 0.2) is 0 Å². The molecule has 1 N–H and O–H groups in total. The number of benzene rings is 1. The average molecular weight is 271 g/mol. The number of aryl methyl sites for hydroxylation is 1. The number of hydrogen-bond acceptors (Lipinski definition) is 4. The van der Waals surface area contributed by atoms with E-state index in [4.69, 9.17) is 4.74 Å². The quantitative estimate of drug-likeness (QED) is 0.907. The van der Waals surface area contributed by atoms with Crippen LogP contribution in [0, 0.1) is 6.92 Å². The topological polar surface area (TPSA) is 37.4 Å². The van der Waals surface area contributed by atoms with Gasteiger partial charge in [0.2, 0.25) is 5.88 Å². The molecule has 0 unspecified atom stereocenters. The summed E-state index contributed by atoms with van der Waals surface area (Å²) in [6.07, 6.45) is 0. The maximum Gasteiger partial charge on any atom is 0.219 e. The van der Waals surface area contributed by atoms with Crippen LogP contribution in [0.15, 0.2) is 36.4 Å². The Morgan fingerprint density at radius 2 is 2.00 bits per heavy atom. The zero-order chi connectivity index (χ0) is 14.5. The number of nitrogens with one attached hydrogen (secondary N) is 1. The van der Waals surface area contributed by atoms with Crippen LogP contribution in [0.1, 0.15) is 11.3 Å². The second kappa shape index (κ2) is 6.39. The van der Waals surface area contributed by atoms with Crippen LogP contribution >= 0.6 is 0 Å². The van der Waals surface area contributed by atoms with Crippen molar-refractivity contribution in [1.82, 2.24) is 10.3 Å². The molecule has 0 radical (unpaired) electrons. The van der Waals surface area contributed by atoms with Gasteiger partial charge in [-0.15, -0.1) is 0 Å². The summed E-state index contributed by atoms with van der Waals surface area (Å²) in [5.41, 5.74) is 3.27. The maximum atomic E-state index is 5.82. The zero-order valence-electron chi connectivity index (χ0n) is 12.5. The predicted octanol–water partition coefficient (Wildman–Crippen LogP) is 2.97. The van der Waals surface area contributed by atoms with E-state index in [9.17, 15) is 0 Å². The molecule has 0 aliphatic carbocycles. The molecule has 1 aromatic heterocycles. The third-order valence-electron chi connectivity index (χ3n) is 3.09. The SMILES string of the molecule is CNCc1ccc(Oc2cccc(N(C)C)c2)nc1C. The molecule has 4 nitrogen and oxygen atoms in total. The van der Waals surface area contributed by atoms with Gasteiger partial charge in [-0.25, -0.2) is 4.98 Å². The first kappa shape index (κ1) is 14.3. The minimum absolute atomic E-state index is 0.623. The molecule has 4 heteroatoms. The molecule has 0 atom stereocenters. The first-order valence-corrected chi connectivity index (χ1v) is 6.66. The van der Waals surface area contributed by atoms with Crippen LogP contribution in [0.2, 0.25) is 0 Å². The van der Waals surface area contributed by atoms with Gasteiger partial charge in [-0.3, -0.25) is 0 Å². The summed E-state index contributed by atoms with van der Waals surface area (Å²) in [6.45, 7) is 2.81. The van der Waals surface area contributed by atoms with Crippen LogP contribution < -0.4 is 15.0 Å². The van der Waals surface area contributed by atoms with E-state index in [0.717, 1.165) is 23.7 Å². The molecule has 20 heavy (non-hydrogen) atoms. The number of pyridine rings is 1. The second-order valence-corrected chi connectivity index (χ2v) is 4.92. The highest BCUT2D eigenvalue weighted by Gasteiger charge is 2.04. The van der Waals surface area contributed by atoms with Crippen molar-refractivity contribution in [1.29, 1.82) is 0 Å². The van der Waals surface area contributed by atoms with Crippen LogP contribution in [0.5, 0.6) is 11.6 Å². The molecule has 0 saturated heterocycles. The fourth-order valence-electron chi connectivity index (χ4n) is 1.95. The van der Waals surface area contributed by atoms with Gasteiger partial charge >= 0.3 is 0 Å². The molecule has 2 aromatic rings. The molecule has 0 aliphatic heterocycles. The van der Waals surface area contributed by atoms with Crippen molar-refractivity contribution in [3.63, 3.8) is 0 Å². The second-order valence-electron chi connectivity index (χ2n) is 4.92. The smallest absolute Gasteiger partial charge is 0.219 e. The molecule has 0 bridgehead atoms. The number of nitrogens with zero attached hydrogens (tertiary/aromatic N) is 2. The fraction of sp³-hybridized carbons (Fsp3) is 0.312. The van der Waals surface area contributed by atoms with E-state index in [1.165, 1.54) is 5.56 Å². The Morgan fingerprint density at radius 1 is 1.20 bits per heavy atom. The molecule has 0 amide bonds. The van der Waals surface area contributed by atoms with Crippen LogP contribution in [-0.4, -0.2) is 26.1 Å². The van der Waals surface area contributed by atoms with Crippen molar-refractivity contribution in [3.05, 3.63) is 47.7 Å². The molecule has 106 valence electrons. The molecular weight excluding hydrogens is 250 g/mol. The summed E-state index contributed by atoms with van der Waals surface area (Å²) in [6, 6.07) is 11.9. The summed E-state index contributed by atoms with van der Waals surface area (Å²) >= 11 is 0. The number of anilines is 1. The Labute approximate surface area is 120 Å². The molecule has 0 fully saturated rings. The average Bonchev–Trinajstić information content (AvgIpc) is 2.42. The molecular formula is C16H21N3O. The number of hydrogen-bond donors (Lipinski definition) is 1. The minimum atomic E-state index is 0.623. The van der Waals surface area contributed by atoms with Gasteiger partial charge in [0.25, 0.3) is 0 Å². The van der Waals surface area contributed by atoms with E-state index in [1.54, 1.807) is 0 Å². The van der Waals surface area contributed by atoms with Crippen molar-refractivity contribution in [2.24, 2.45) is 0 Å². The highest BCUT2D eigenvalue weighted by Crippen LogP contribution is 2.24. The van der Waals surface area contributed by atoms with Crippen LogP contribution in [0.4, 0.5) is 5.69 Å². The fourth-order valence-corrected chi connectivity index (χ4v) is 1.95. The van der Waals surface area contributed by atoms with Crippen molar-refractivity contribution in [2.75, 3.05) is 26.0 Å². The molecule has 0 saturated carbocycles. The highest BCUT2D eigenvalue weighted by atomic mass is 16.5. The van der Waals surface area contributed by atoms with Crippen molar-refractivity contribution >= 4 is 5.69 Å². The van der Waals surface area contributed by atoms with Gasteiger partial charge in [-0.05, 0) is 31.7 Å². The van der Waals surface area contributed by atoms with Gasteiger partial charge in [-0.2, -0.15) is 0 Å². The summed E-state index contributed by atoms with van der Waals surface area (Å²) in [4.78, 5) is 6.53. The van der Waals surface area contributed by atoms with Gasteiger partial charge in [0.1, 0.15) is 5.75 Å². The number of rotatable bonds is 5. The Kier molecular flexibility index (Phi) is 4.58. The molecule has 0 spiro atoms. The predicted molar refractivity (Wildman–Crippen MR) is 82.6 cm³/mol. The van der Waals surface area contributed by atoms with Gasteiger partial charge in [0.05, 0.1) is 0 Å². The summed E-state index contributed by atoms with van der Waals surface area (Å²) in [5.74, 6) is 1.42. The number of ether oxygens (including phenoxy) is 1. The Morgan fingerprint density at radius 3 is 2.65 bits per heavy atom. The lowest BCUT2D eigenvalue weighted by Gasteiger charge is -2.14. The maximum absolute atomic E-state index is 5.82. The van der Waals surface area contributed by atoms with E-state index >= 15 is 0 Å². The Hall–Kier alpha value is -2.07. The Bertz CT molecular complexity index is 582. The summed E-state index contributed by atoms with van der Waals surface area (Å²) in [7, 11) is 5.94.